The van der Waals surface area contributed by atoms with Gasteiger partial charge in [-0.2, -0.15) is 0 Å². The molecule has 1 amide bonds. The predicted octanol–water partition coefficient (Wildman–Crippen LogP) is -2.79. The first-order valence-electron chi connectivity index (χ1n) is 9.80. The summed E-state index contributed by atoms with van der Waals surface area (Å²) in [5, 5.41) is 52.0. The molecular weight excluding hydrogens is 418 g/mol. The van der Waals surface area contributed by atoms with E-state index >= 15 is 0 Å². The molecule has 0 radical (unpaired) electrons. The van der Waals surface area contributed by atoms with Gasteiger partial charge in [-0.15, -0.1) is 6.42 Å². The van der Waals surface area contributed by atoms with Crippen LogP contribution in [0.2, 0.25) is 0 Å². The molecule has 12 heteroatoms. The second-order valence-corrected chi connectivity index (χ2v) is 6.82. The molecule has 6 atom stereocenters. The minimum Gasteiger partial charge on any atom is -0.477 e. The minimum atomic E-state index is -2.38. The zero-order valence-corrected chi connectivity index (χ0v) is 17.3. The van der Waals surface area contributed by atoms with Gasteiger partial charge in [0.15, 0.2) is 0 Å². The lowest BCUT2D eigenvalue weighted by atomic mass is 9.88. The van der Waals surface area contributed by atoms with E-state index in [0.29, 0.717) is 0 Å². The molecular formula is C19H31NO11. The van der Waals surface area contributed by atoms with E-state index in [1.165, 1.54) is 0 Å². The van der Waals surface area contributed by atoms with E-state index in [9.17, 15) is 30.0 Å². The molecule has 0 spiro atoms. The Morgan fingerprint density at radius 1 is 1.26 bits per heavy atom. The van der Waals surface area contributed by atoms with Crippen LogP contribution in [0.3, 0.4) is 0 Å². The number of amides is 1. The highest BCUT2D eigenvalue weighted by Crippen LogP contribution is 2.33. The third-order valence-corrected chi connectivity index (χ3v) is 4.59. The highest BCUT2D eigenvalue weighted by Gasteiger charge is 2.55. The molecule has 1 aliphatic rings. The number of aliphatic carboxylic acids is 1. The van der Waals surface area contributed by atoms with Crippen LogP contribution in [0.15, 0.2) is 0 Å². The molecule has 12 nitrogen and oxygen atoms in total. The maximum atomic E-state index is 11.9. The number of hydrogen-bond acceptors (Lipinski definition) is 10. The van der Waals surface area contributed by atoms with Crippen molar-refractivity contribution < 1.29 is 54.1 Å². The molecule has 0 aromatic rings. The fourth-order valence-corrected chi connectivity index (χ4v) is 2.95. The van der Waals surface area contributed by atoms with Gasteiger partial charge in [0.2, 0.25) is 5.91 Å². The van der Waals surface area contributed by atoms with Gasteiger partial charge in [-0.1, -0.05) is 12.8 Å². The van der Waals surface area contributed by atoms with Crippen molar-refractivity contribution in [1.29, 1.82) is 0 Å². The molecule has 0 aromatic heterocycles. The molecule has 1 saturated heterocycles. The van der Waals surface area contributed by atoms with Crippen LogP contribution in [0.25, 0.3) is 0 Å². The van der Waals surface area contributed by atoms with Gasteiger partial charge in [0.05, 0.1) is 45.2 Å². The Morgan fingerprint density at radius 2 is 1.90 bits per heavy atom. The summed E-state index contributed by atoms with van der Waals surface area (Å²) in [7, 11) is 0. The van der Waals surface area contributed by atoms with Gasteiger partial charge in [0.25, 0.3) is 5.79 Å². The van der Waals surface area contributed by atoms with Crippen molar-refractivity contribution in [2.24, 2.45) is 0 Å². The maximum absolute atomic E-state index is 11.9. The molecule has 31 heavy (non-hydrogen) atoms. The molecule has 1 fully saturated rings. The van der Waals surface area contributed by atoms with E-state index in [1.807, 2.05) is 0 Å². The lowest BCUT2D eigenvalue weighted by Gasteiger charge is -2.46. The summed E-state index contributed by atoms with van der Waals surface area (Å²) >= 11 is 0. The van der Waals surface area contributed by atoms with Crippen LogP contribution in [0.1, 0.15) is 19.8 Å². The van der Waals surface area contributed by atoms with Crippen LogP contribution < -0.4 is 5.32 Å². The quantitative estimate of drug-likeness (QED) is 0.119. The number of carboxylic acid groups (broad SMARTS) is 1. The summed E-state index contributed by atoms with van der Waals surface area (Å²) in [5.74, 6) is -2.16. The standard InChI is InChI=1S/C19H31NO11/c1-3-5-28-6-7-29-8-9-30-19(18(26)27)10-12(22)15(20-14(24)4-2)17(31-19)16(25)13(23)11-21/h1,12-13,15-17,21-23,25H,4-11H2,2H3,(H,20,24)(H,26,27)/t12-,13+,15+,16+,17+,19-/m0/s1. The van der Waals surface area contributed by atoms with E-state index in [0.717, 1.165) is 0 Å². The van der Waals surface area contributed by atoms with Gasteiger partial charge in [-0.05, 0) is 0 Å². The minimum absolute atomic E-state index is 0.0314. The monoisotopic (exact) mass is 449 g/mol. The number of aliphatic hydroxyl groups is 4. The van der Waals surface area contributed by atoms with E-state index < -0.39 is 61.1 Å². The van der Waals surface area contributed by atoms with Crippen LogP contribution in [-0.2, 0) is 28.5 Å². The van der Waals surface area contributed by atoms with Crippen molar-refractivity contribution in [3.05, 3.63) is 0 Å². The average molecular weight is 449 g/mol. The highest BCUT2D eigenvalue weighted by molar-refractivity contribution is 5.77. The summed E-state index contributed by atoms with van der Waals surface area (Å²) in [4.78, 5) is 23.7. The summed E-state index contributed by atoms with van der Waals surface area (Å²) in [5.41, 5.74) is 0. The number of rotatable bonds is 14. The SMILES string of the molecule is C#CCOCCOCCO[C@@]1(C(=O)O)C[C@H](O)[C@@H](NC(=O)CC)[C@H]([C@H](O)[C@H](O)CO)O1. The Bertz CT molecular complexity index is 610. The second kappa shape index (κ2) is 13.6. The number of ether oxygens (including phenoxy) is 4. The molecule has 0 saturated carbocycles. The summed E-state index contributed by atoms with van der Waals surface area (Å²) < 4.78 is 21.1. The number of carbonyl (C=O) groups excluding carboxylic acids is 1. The first-order chi connectivity index (χ1) is 14.7. The van der Waals surface area contributed by atoms with Crippen molar-refractivity contribution in [3.8, 4) is 12.3 Å². The van der Waals surface area contributed by atoms with Crippen molar-refractivity contribution in [1.82, 2.24) is 5.32 Å². The van der Waals surface area contributed by atoms with Gasteiger partial charge in [0.1, 0.15) is 24.9 Å². The maximum Gasteiger partial charge on any atom is 0.364 e. The normalized spacial score (nSPS) is 27.8. The van der Waals surface area contributed by atoms with Crippen molar-refractivity contribution in [2.45, 2.75) is 56.0 Å². The Hall–Kier alpha value is -1.82. The van der Waals surface area contributed by atoms with Crippen LogP contribution in [0.4, 0.5) is 0 Å². The summed E-state index contributed by atoms with van der Waals surface area (Å²) in [6.45, 7) is 0.970. The summed E-state index contributed by atoms with van der Waals surface area (Å²) in [6.07, 6.45) is -2.10. The van der Waals surface area contributed by atoms with Crippen molar-refractivity contribution >= 4 is 11.9 Å². The first-order valence-corrected chi connectivity index (χ1v) is 9.80. The third kappa shape index (κ3) is 7.99. The largest absolute Gasteiger partial charge is 0.477 e. The Morgan fingerprint density at radius 3 is 2.48 bits per heavy atom. The van der Waals surface area contributed by atoms with Crippen LogP contribution in [0, 0.1) is 12.3 Å². The Balaban J connectivity index is 2.87. The van der Waals surface area contributed by atoms with E-state index in [4.69, 9.17) is 30.5 Å². The van der Waals surface area contributed by atoms with Gasteiger partial charge in [-0.25, -0.2) is 4.79 Å². The molecule has 1 aliphatic heterocycles. The van der Waals surface area contributed by atoms with Gasteiger partial charge in [-0.3, -0.25) is 4.79 Å². The molecule has 0 aromatic carbocycles. The lowest BCUT2D eigenvalue weighted by molar-refractivity contribution is -0.313. The Labute approximate surface area is 180 Å². The van der Waals surface area contributed by atoms with Crippen LogP contribution >= 0.6 is 0 Å². The molecule has 0 bridgehead atoms. The van der Waals surface area contributed by atoms with Gasteiger partial charge in [0, 0.05) is 12.8 Å². The molecule has 1 heterocycles. The molecule has 0 aliphatic carbocycles. The van der Waals surface area contributed by atoms with Crippen LogP contribution in [-0.4, -0.2) is 113 Å². The predicted molar refractivity (Wildman–Crippen MR) is 104 cm³/mol. The fraction of sp³-hybridized carbons (Fsp3) is 0.789. The zero-order valence-electron chi connectivity index (χ0n) is 17.3. The van der Waals surface area contributed by atoms with Crippen molar-refractivity contribution in [2.75, 3.05) is 39.6 Å². The van der Waals surface area contributed by atoms with E-state index in [-0.39, 0.29) is 39.5 Å². The molecule has 1 rings (SSSR count). The van der Waals surface area contributed by atoms with Gasteiger partial charge >= 0.3 is 5.97 Å². The fourth-order valence-electron chi connectivity index (χ4n) is 2.95. The van der Waals surface area contributed by atoms with E-state index in [1.54, 1.807) is 6.92 Å². The smallest absolute Gasteiger partial charge is 0.364 e. The first kappa shape index (κ1) is 27.2. The lowest BCUT2D eigenvalue weighted by Crippen LogP contribution is -2.68. The highest BCUT2D eigenvalue weighted by atomic mass is 16.7. The van der Waals surface area contributed by atoms with Crippen molar-refractivity contribution in [3.63, 3.8) is 0 Å². The van der Waals surface area contributed by atoms with E-state index in [2.05, 4.69) is 11.2 Å². The van der Waals surface area contributed by atoms with Gasteiger partial charge < -0.3 is 49.8 Å². The second-order valence-electron chi connectivity index (χ2n) is 6.82. The molecule has 0 unspecified atom stereocenters. The average Bonchev–Trinajstić information content (AvgIpc) is 2.75. The van der Waals surface area contributed by atoms with Crippen LogP contribution in [0.5, 0.6) is 0 Å². The number of carboxylic acids is 1. The number of nitrogens with one attached hydrogen (secondary N) is 1. The summed E-state index contributed by atoms with van der Waals surface area (Å²) in [6, 6.07) is -1.25. The number of aliphatic hydroxyl groups excluding tert-OH is 4. The zero-order chi connectivity index (χ0) is 23.4. The number of hydrogen-bond donors (Lipinski definition) is 6. The molecule has 6 N–H and O–H groups in total. The molecule has 178 valence electrons. The topological polar surface area (TPSA) is 184 Å². The third-order valence-electron chi connectivity index (χ3n) is 4.59. The Kier molecular flexibility index (Phi) is 11.9. The number of carbonyl (C=O) groups is 2. The number of terminal acetylenes is 1.